The summed E-state index contributed by atoms with van der Waals surface area (Å²) >= 11 is 0. The van der Waals surface area contributed by atoms with Gasteiger partial charge in [-0.3, -0.25) is 4.79 Å². The van der Waals surface area contributed by atoms with Gasteiger partial charge in [0.25, 0.3) is 0 Å². The largest absolute Gasteiger partial charge is 0.381 e. The second kappa shape index (κ2) is 9.37. The lowest BCUT2D eigenvalue weighted by atomic mass is 9.99. The summed E-state index contributed by atoms with van der Waals surface area (Å²) in [4.78, 5) is 12.7. The number of sulfonamides is 1. The molecule has 2 aromatic rings. The minimum atomic E-state index is -3.59. The molecule has 4 heterocycles. The molecular formula is C23H31N5O5S. The van der Waals surface area contributed by atoms with Crippen LogP contribution >= 0.6 is 0 Å². The number of amides is 1. The molecule has 184 valence electrons. The Bertz CT molecular complexity index is 1140. The van der Waals surface area contributed by atoms with Gasteiger partial charge in [-0.15, -0.1) is 5.10 Å². The van der Waals surface area contributed by atoms with E-state index in [-0.39, 0.29) is 25.0 Å². The molecule has 2 saturated heterocycles. The van der Waals surface area contributed by atoms with Crippen molar-refractivity contribution in [3.8, 4) is 0 Å². The highest BCUT2D eigenvalue weighted by molar-refractivity contribution is 7.89. The Morgan fingerprint density at radius 2 is 1.97 bits per heavy atom. The predicted molar refractivity (Wildman–Crippen MR) is 122 cm³/mol. The predicted octanol–water partition coefficient (Wildman–Crippen LogP) is 1.25. The monoisotopic (exact) mass is 489 g/mol. The Morgan fingerprint density at radius 1 is 1.21 bits per heavy atom. The molecule has 3 aliphatic rings. The summed E-state index contributed by atoms with van der Waals surface area (Å²) < 4.78 is 41.2. The summed E-state index contributed by atoms with van der Waals surface area (Å²) in [6.45, 7) is 4.97. The maximum Gasteiger partial charge on any atom is 0.243 e. The number of rotatable bonds is 6. The zero-order chi connectivity index (χ0) is 23.8. The van der Waals surface area contributed by atoms with E-state index in [1.54, 1.807) is 16.8 Å². The van der Waals surface area contributed by atoms with Crippen molar-refractivity contribution in [3.63, 3.8) is 0 Å². The molecule has 1 N–H and O–H groups in total. The SMILES string of the molecule is CCc1ccc(S(=O)(=O)N2CCC3(C2)Cn2nnc(CNC(=O)C4CCOCC4)c2CO3)cc1. The Labute approximate surface area is 199 Å². The van der Waals surface area contributed by atoms with Crippen LogP contribution in [0.1, 0.15) is 43.1 Å². The fourth-order valence-corrected chi connectivity index (χ4v) is 6.43. The number of nitrogens with one attached hydrogen (secondary N) is 1. The van der Waals surface area contributed by atoms with Gasteiger partial charge in [-0.2, -0.15) is 4.31 Å². The highest BCUT2D eigenvalue weighted by atomic mass is 32.2. The minimum Gasteiger partial charge on any atom is -0.381 e. The Balaban J connectivity index is 1.23. The fourth-order valence-electron chi connectivity index (χ4n) is 4.91. The first kappa shape index (κ1) is 23.4. The number of hydrogen-bond acceptors (Lipinski definition) is 7. The molecule has 3 aliphatic heterocycles. The van der Waals surface area contributed by atoms with Crippen molar-refractivity contribution in [2.75, 3.05) is 26.3 Å². The van der Waals surface area contributed by atoms with E-state index in [9.17, 15) is 13.2 Å². The third-order valence-electron chi connectivity index (χ3n) is 7.14. The molecular weight excluding hydrogens is 458 g/mol. The molecule has 1 aromatic carbocycles. The number of ether oxygens (including phenoxy) is 2. The molecule has 0 bridgehead atoms. The normalized spacial score (nSPS) is 23.8. The molecule has 5 rings (SSSR count). The number of fused-ring (bicyclic) bond motifs is 1. The number of benzene rings is 1. The third kappa shape index (κ3) is 4.49. The number of aromatic nitrogens is 3. The minimum absolute atomic E-state index is 0.0156. The number of hydrogen-bond donors (Lipinski definition) is 1. The van der Waals surface area contributed by atoms with Gasteiger partial charge in [0.15, 0.2) is 0 Å². The second-order valence-electron chi connectivity index (χ2n) is 9.30. The van der Waals surface area contributed by atoms with Gasteiger partial charge < -0.3 is 14.8 Å². The zero-order valence-corrected chi connectivity index (χ0v) is 20.2. The molecule has 1 amide bonds. The topological polar surface area (TPSA) is 116 Å². The van der Waals surface area contributed by atoms with E-state index < -0.39 is 15.6 Å². The average Bonchev–Trinajstić information content (AvgIpc) is 3.47. The van der Waals surface area contributed by atoms with Crippen LogP contribution in [-0.2, 0) is 50.4 Å². The van der Waals surface area contributed by atoms with Crippen molar-refractivity contribution >= 4 is 15.9 Å². The van der Waals surface area contributed by atoms with Crippen LogP contribution in [0.4, 0.5) is 0 Å². The summed E-state index contributed by atoms with van der Waals surface area (Å²) in [6.07, 6.45) is 2.93. The molecule has 1 aromatic heterocycles. The standard InChI is InChI=1S/C23H31N5O5S/c1-2-17-3-5-19(6-4-17)34(30,31)27-10-9-23(15-27)16-28-21(14-33-23)20(25-26-28)13-24-22(29)18-7-11-32-12-8-18/h3-6,18H,2,7-16H2,1H3,(H,24,29). The van der Waals surface area contributed by atoms with Crippen LogP contribution in [0.3, 0.4) is 0 Å². The van der Waals surface area contributed by atoms with E-state index >= 15 is 0 Å². The van der Waals surface area contributed by atoms with E-state index in [1.165, 1.54) is 4.31 Å². The Morgan fingerprint density at radius 3 is 2.71 bits per heavy atom. The first-order valence-electron chi connectivity index (χ1n) is 11.9. The van der Waals surface area contributed by atoms with Gasteiger partial charge in [0.2, 0.25) is 15.9 Å². The molecule has 0 saturated carbocycles. The Kier molecular flexibility index (Phi) is 6.45. The summed E-state index contributed by atoms with van der Waals surface area (Å²) in [5, 5.41) is 11.5. The van der Waals surface area contributed by atoms with Gasteiger partial charge >= 0.3 is 0 Å². The second-order valence-corrected chi connectivity index (χ2v) is 11.2. The highest BCUT2D eigenvalue weighted by Gasteiger charge is 2.47. The van der Waals surface area contributed by atoms with Crippen LogP contribution in [0.15, 0.2) is 29.2 Å². The lowest BCUT2D eigenvalue weighted by molar-refractivity contribution is -0.128. The van der Waals surface area contributed by atoms with Crippen molar-refractivity contribution in [2.24, 2.45) is 5.92 Å². The molecule has 10 nitrogen and oxygen atoms in total. The van der Waals surface area contributed by atoms with Crippen molar-refractivity contribution in [2.45, 2.75) is 62.8 Å². The van der Waals surface area contributed by atoms with E-state index in [2.05, 4.69) is 15.6 Å². The third-order valence-corrected chi connectivity index (χ3v) is 9.00. The number of aryl methyl sites for hydroxylation is 1. The van der Waals surface area contributed by atoms with Gasteiger partial charge in [-0.1, -0.05) is 24.3 Å². The number of carbonyl (C=O) groups excluding carboxylic acids is 1. The van der Waals surface area contributed by atoms with Crippen LogP contribution in [0, 0.1) is 5.92 Å². The van der Waals surface area contributed by atoms with E-state index in [0.717, 1.165) is 30.5 Å². The molecule has 0 radical (unpaired) electrons. The van der Waals surface area contributed by atoms with Gasteiger partial charge in [0, 0.05) is 32.2 Å². The molecule has 1 unspecified atom stereocenters. The summed E-state index contributed by atoms with van der Waals surface area (Å²) in [6, 6.07) is 7.08. The van der Waals surface area contributed by atoms with Gasteiger partial charge in [-0.05, 0) is 43.4 Å². The van der Waals surface area contributed by atoms with Crippen molar-refractivity contribution in [1.29, 1.82) is 0 Å². The number of carbonyl (C=O) groups is 1. The van der Waals surface area contributed by atoms with E-state index in [0.29, 0.717) is 49.9 Å². The van der Waals surface area contributed by atoms with Crippen LogP contribution < -0.4 is 5.32 Å². The average molecular weight is 490 g/mol. The van der Waals surface area contributed by atoms with Crippen LogP contribution in [0.5, 0.6) is 0 Å². The summed E-state index contributed by atoms with van der Waals surface area (Å²) in [5.41, 5.74) is 1.99. The molecule has 1 atom stereocenters. The summed E-state index contributed by atoms with van der Waals surface area (Å²) in [5.74, 6) is -0.00822. The molecule has 1 spiro atoms. The summed E-state index contributed by atoms with van der Waals surface area (Å²) in [7, 11) is -3.59. The molecule has 2 fully saturated rings. The Hall–Kier alpha value is -2.34. The van der Waals surface area contributed by atoms with Gasteiger partial charge in [-0.25, -0.2) is 13.1 Å². The fraction of sp³-hybridized carbons (Fsp3) is 0.609. The maximum absolute atomic E-state index is 13.2. The quantitative estimate of drug-likeness (QED) is 0.649. The van der Waals surface area contributed by atoms with Crippen molar-refractivity contribution < 1.29 is 22.7 Å². The van der Waals surface area contributed by atoms with Crippen molar-refractivity contribution in [1.82, 2.24) is 24.6 Å². The first-order valence-corrected chi connectivity index (χ1v) is 13.3. The first-order chi connectivity index (χ1) is 16.4. The lowest BCUT2D eigenvalue weighted by Crippen LogP contribution is -2.45. The van der Waals surface area contributed by atoms with E-state index in [4.69, 9.17) is 9.47 Å². The number of nitrogens with zero attached hydrogens (tertiary/aromatic N) is 4. The molecule has 0 aliphatic carbocycles. The van der Waals surface area contributed by atoms with Crippen LogP contribution in [0.25, 0.3) is 0 Å². The maximum atomic E-state index is 13.2. The smallest absolute Gasteiger partial charge is 0.243 e. The lowest BCUT2D eigenvalue weighted by Gasteiger charge is -2.34. The van der Waals surface area contributed by atoms with Gasteiger partial charge in [0.1, 0.15) is 11.3 Å². The van der Waals surface area contributed by atoms with Crippen LogP contribution in [-0.4, -0.2) is 65.5 Å². The van der Waals surface area contributed by atoms with E-state index in [1.807, 2.05) is 19.1 Å². The van der Waals surface area contributed by atoms with Crippen LogP contribution in [0.2, 0.25) is 0 Å². The highest BCUT2D eigenvalue weighted by Crippen LogP contribution is 2.35. The van der Waals surface area contributed by atoms with Gasteiger partial charge in [0.05, 0.1) is 30.3 Å². The molecule has 11 heteroatoms. The zero-order valence-electron chi connectivity index (χ0n) is 19.4. The van der Waals surface area contributed by atoms with Crippen molar-refractivity contribution in [3.05, 3.63) is 41.2 Å². The molecule has 34 heavy (non-hydrogen) atoms.